The summed E-state index contributed by atoms with van der Waals surface area (Å²) in [6.07, 6.45) is 4.31. The van der Waals surface area contributed by atoms with Gasteiger partial charge in [0.2, 0.25) is 0 Å². The molecule has 3 amide bonds. The van der Waals surface area contributed by atoms with Crippen molar-refractivity contribution in [2.75, 3.05) is 11.4 Å². The molecule has 2 fully saturated rings. The lowest BCUT2D eigenvalue weighted by molar-refractivity contribution is -0.136. The van der Waals surface area contributed by atoms with E-state index in [1.165, 1.54) is 34.3 Å². The zero-order valence-corrected chi connectivity index (χ0v) is 22.9. The zero-order chi connectivity index (χ0) is 29.7. The largest absolute Gasteiger partial charge is 0.271 e. The molecule has 3 aromatic carbocycles. The number of para-hydroxylation sites is 1. The van der Waals surface area contributed by atoms with Gasteiger partial charge in [-0.1, -0.05) is 47.7 Å². The van der Waals surface area contributed by atoms with Gasteiger partial charge >= 0.3 is 0 Å². The summed E-state index contributed by atoms with van der Waals surface area (Å²) in [6, 6.07) is 18.2. The SMILES string of the molecule is O=C1[C@@H]2[C@@H](N=NN2CC(=O)N2N=C3/C(=C/c4ccc(F)cc4)CCC[C@@H]3[C@H]2c2ccc(F)cc2)C(=O)N1c1ccccc1. The molecule has 43 heavy (non-hydrogen) atoms. The summed E-state index contributed by atoms with van der Waals surface area (Å²) in [5.41, 5.74) is 3.67. The van der Waals surface area contributed by atoms with Gasteiger partial charge in [-0.05, 0) is 78.4 Å². The first kappa shape index (κ1) is 26.8. The highest BCUT2D eigenvalue weighted by molar-refractivity contribution is 6.25. The van der Waals surface area contributed by atoms with E-state index in [9.17, 15) is 23.2 Å². The first-order valence-corrected chi connectivity index (χ1v) is 14.1. The second-order valence-electron chi connectivity index (χ2n) is 11.0. The smallest absolute Gasteiger partial charge is 0.264 e. The van der Waals surface area contributed by atoms with E-state index in [1.54, 1.807) is 54.6 Å². The Hall–Kier alpha value is -5.06. The standard InChI is InChI=1S/C32H26F2N6O3/c33-22-13-9-19(10-14-22)17-21-5-4-8-25-27(21)36-40(29(25)20-11-15-23(34)16-12-20)26(41)18-38-30-28(35-37-38)31(42)39(32(30)43)24-6-2-1-3-7-24/h1-3,6-7,9-17,25,28-30H,4-5,8,18H2/b21-17+/t25-,28+,29+,30-/m0/s1. The summed E-state index contributed by atoms with van der Waals surface area (Å²) >= 11 is 0. The second kappa shape index (κ2) is 10.6. The van der Waals surface area contributed by atoms with Crippen LogP contribution in [0.3, 0.4) is 0 Å². The molecule has 3 heterocycles. The van der Waals surface area contributed by atoms with Gasteiger partial charge in [0.25, 0.3) is 17.7 Å². The third-order valence-corrected chi connectivity index (χ3v) is 8.35. The summed E-state index contributed by atoms with van der Waals surface area (Å²) in [5, 5.41) is 15.6. The number of anilines is 1. The Bertz CT molecular complexity index is 1690. The Balaban J connectivity index is 1.19. The van der Waals surface area contributed by atoms with Gasteiger partial charge in [0.05, 0.1) is 17.4 Å². The van der Waals surface area contributed by atoms with E-state index in [0.29, 0.717) is 5.69 Å². The number of allylic oxidation sites excluding steroid dienone is 1. The fourth-order valence-corrected chi connectivity index (χ4v) is 6.36. The Morgan fingerprint density at radius 1 is 0.884 bits per heavy atom. The minimum atomic E-state index is -1.04. The highest BCUT2D eigenvalue weighted by Gasteiger charge is 2.55. The van der Waals surface area contributed by atoms with Gasteiger partial charge in [0, 0.05) is 5.92 Å². The number of fused-ring (bicyclic) bond motifs is 2. The Morgan fingerprint density at radius 3 is 2.30 bits per heavy atom. The van der Waals surface area contributed by atoms with Crippen LogP contribution in [0.2, 0.25) is 0 Å². The van der Waals surface area contributed by atoms with Crippen molar-refractivity contribution in [3.8, 4) is 0 Å². The number of hydrogen-bond acceptors (Lipinski definition) is 7. The lowest BCUT2D eigenvalue weighted by Gasteiger charge is -2.30. The molecule has 1 aliphatic carbocycles. The van der Waals surface area contributed by atoms with E-state index in [4.69, 9.17) is 5.10 Å². The van der Waals surface area contributed by atoms with Crippen LogP contribution in [0.25, 0.3) is 6.08 Å². The maximum Gasteiger partial charge on any atom is 0.264 e. The normalized spacial score (nSPS) is 25.4. The number of nitrogens with zero attached hydrogens (tertiary/aromatic N) is 6. The summed E-state index contributed by atoms with van der Waals surface area (Å²) < 4.78 is 27.4. The zero-order valence-electron chi connectivity index (χ0n) is 22.9. The van der Waals surface area contributed by atoms with Crippen LogP contribution in [0.1, 0.15) is 36.4 Å². The van der Waals surface area contributed by atoms with Crippen LogP contribution >= 0.6 is 0 Å². The van der Waals surface area contributed by atoms with Crippen molar-refractivity contribution < 1.29 is 23.2 Å². The van der Waals surface area contributed by atoms with E-state index in [0.717, 1.165) is 46.6 Å². The van der Waals surface area contributed by atoms with Crippen molar-refractivity contribution in [3.63, 3.8) is 0 Å². The Labute approximate surface area is 245 Å². The van der Waals surface area contributed by atoms with Crippen LogP contribution in [0, 0.1) is 17.6 Å². The summed E-state index contributed by atoms with van der Waals surface area (Å²) in [4.78, 5) is 41.5. The van der Waals surface area contributed by atoms with Crippen LogP contribution in [0.4, 0.5) is 14.5 Å². The van der Waals surface area contributed by atoms with Crippen LogP contribution in [0.15, 0.2) is 99.9 Å². The number of hydrogen-bond donors (Lipinski definition) is 0. The second-order valence-corrected chi connectivity index (χ2v) is 11.0. The predicted octanol–water partition coefficient (Wildman–Crippen LogP) is 5.08. The van der Waals surface area contributed by atoms with E-state index in [-0.39, 0.29) is 18.3 Å². The molecule has 3 aromatic rings. The summed E-state index contributed by atoms with van der Waals surface area (Å²) in [6.45, 7) is -0.329. The molecule has 7 rings (SSSR count). The number of benzene rings is 3. The molecule has 4 atom stereocenters. The van der Waals surface area contributed by atoms with Crippen molar-refractivity contribution in [3.05, 3.63) is 107 Å². The monoisotopic (exact) mass is 580 g/mol. The minimum Gasteiger partial charge on any atom is -0.271 e. The van der Waals surface area contributed by atoms with E-state index >= 15 is 0 Å². The minimum absolute atomic E-state index is 0.147. The molecule has 0 unspecified atom stereocenters. The molecular weight excluding hydrogens is 554 g/mol. The van der Waals surface area contributed by atoms with Crippen molar-refractivity contribution in [2.45, 2.75) is 37.4 Å². The van der Waals surface area contributed by atoms with Crippen LogP contribution in [-0.4, -0.2) is 52.1 Å². The summed E-state index contributed by atoms with van der Waals surface area (Å²) in [5.74, 6) is -2.29. The highest BCUT2D eigenvalue weighted by Crippen LogP contribution is 2.45. The quantitative estimate of drug-likeness (QED) is 0.393. The Kier molecular flexibility index (Phi) is 6.64. The van der Waals surface area contributed by atoms with E-state index in [2.05, 4.69) is 10.3 Å². The van der Waals surface area contributed by atoms with Gasteiger partial charge in [-0.25, -0.2) is 18.7 Å². The van der Waals surface area contributed by atoms with Crippen molar-refractivity contribution in [2.24, 2.45) is 21.4 Å². The average Bonchev–Trinajstić information content (AvgIpc) is 3.68. The van der Waals surface area contributed by atoms with Gasteiger partial charge in [-0.3, -0.25) is 19.4 Å². The number of imide groups is 1. The highest BCUT2D eigenvalue weighted by atomic mass is 19.1. The number of amides is 3. The lowest BCUT2D eigenvalue weighted by Crippen LogP contribution is -2.45. The number of hydrazone groups is 1. The number of carbonyl (C=O) groups is 3. The van der Waals surface area contributed by atoms with Crippen LogP contribution in [0.5, 0.6) is 0 Å². The molecule has 0 spiro atoms. The topological polar surface area (TPSA) is 98.0 Å². The first-order valence-electron chi connectivity index (χ1n) is 14.1. The predicted molar refractivity (Wildman–Crippen MR) is 153 cm³/mol. The molecule has 9 nitrogen and oxygen atoms in total. The molecule has 0 aromatic heterocycles. The third-order valence-electron chi connectivity index (χ3n) is 8.35. The van der Waals surface area contributed by atoms with Gasteiger partial charge in [0.15, 0.2) is 12.1 Å². The third kappa shape index (κ3) is 4.70. The van der Waals surface area contributed by atoms with Gasteiger partial charge in [0.1, 0.15) is 18.2 Å². The molecule has 3 aliphatic heterocycles. The maximum atomic E-state index is 14.0. The molecule has 0 radical (unpaired) electrons. The average molecular weight is 581 g/mol. The van der Waals surface area contributed by atoms with Gasteiger partial charge in [-0.2, -0.15) is 10.2 Å². The first-order chi connectivity index (χ1) is 20.9. The lowest BCUT2D eigenvalue weighted by atomic mass is 9.77. The van der Waals surface area contributed by atoms with Crippen molar-refractivity contribution in [1.29, 1.82) is 0 Å². The number of carbonyl (C=O) groups excluding carboxylic acids is 3. The molecule has 1 saturated carbocycles. The fraction of sp³-hybridized carbons (Fsp3) is 0.250. The number of rotatable bonds is 5. The molecule has 0 bridgehead atoms. The fourth-order valence-electron chi connectivity index (χ4n) is 6.36. The number of halogens is 2. The van der Waals surface area contributed by atoms with Crippen LogP contribution in [-0.2, 0) is 14.4 Å². The van der Waals surface area contributed by atoms with Crippen LogP contribution < -0.4 is 4.90 Å². The van der Waals surface area contributed by atoms with Gasteiger partial charge < -0.3 is 0 Å². The molecule has 0 N–H and O–H groups in total. The van der Waals surface area contributed by atoms with E-state index in [1.807, 2.05) is 6.08 Å². The Morgan fingerprint density at radius 2 is 1.58 bits per heavy atom. The van der Waals surface area contributed by atoms with Crippen molar-refractivity contribution >= 4 is 35.2 Å². The maximum absolute atomic E-state index is 14.0. The molecule has 1 saturated heterocycles. The molecule has 11 heteroatoms. The molecule has 216 valence electrons. The summed E-state index contributed by atoms with van der Waals surface area (Å²) in [7, 11) is 0. The van der Waals surface area contributed by atoms with Gasteiger partial charge in [-0.15, -0.1) is 0 Å². The van der Waals surface area contributed by atoms with Crippen molar-refractivity contribution in [1.82, 2.24) is 10.0 Å². The molecule has 4 aliphatic rings. The molecular formula is C32H26F2N6O3. The van der Waals surface area contributed by atoms with E-state index < -0.39 is 41.7 Å².